The van der Waals surface area contributed by atoms with Crippen LogP contribution in [0.1, 0.15) is 29.7 Å². The lowest BCUT2D eigenvalue weighted by Gasteiger charge is -2.39. The Hall–Kier alpha value is -2.23. The molecule has 0 bridgehead atoms. The van der Waals surface area contributed by atoms with E-state index < -0.39 is 12.9 Å². The lowest BCUT2D eigenvalue weighted by atomic mass is 9.96. The monoisotopic (exact) mass is 409 g/mol. The molecule has 3 aromatic carbocycles. The van der Waals surface area contributed by atoms with E-state index >= 15 is 0 Å². The highest BCUT2D eigenvalue weighted by Crippen LogP contribution is 2.59. The summed E-state index contributed by atoms with van der Waals surface area (Å²) in [6.45, 7) is 1.91. The second-order valence-corrected chi connectivity index (χ2v) is 9.91. The van der Waals surface area contributed by atoms with Gasteiger partial charge in [0.1, 0.15) is 5.28 Å². The molecule has 0 radical (unpaired) electrons. The number of benzene rings is 3. The summed E-state index contributed by atoms with van der Waals surface area (Å²) >= 11 is 0. The molecule has 1 N–H and O–H groups in total. The zero-order valence-electron chi connectivity index (χ0n) is 17.1. The number of hydrogen-bond donors (Lipinski definition) is 1. The van der Waals surface area contributed by atoms with Crippen LogP contribution in [-0.2, 0) is 20.0 Å². The first-order valence-corrected chi connectivity index (χ1v) is 11.2. The van der Waals surface area contributed by atoms with Gasteiger partial charge in [0.25, 0.3) is 0 Å². The predicted molar refractivity (Wildman–Crippen MR) is 118 cm³/mol. The van der Waals surface area contributed by atoms with Gasteiger partial charge in [0, 0.05) is 20.6 Å². The Labute approximate surface area is 173 Å². The lowest BCUT2D eigenvalue weighted by molar-refractivity contribution is 0.229. The van der Waals surface area contributed by atoms with E-state index in [4.69, 9.17) is 9.05 Å². The minimum Gasteiger partial charge on any atom is -0.311 e. The maximum atomic E-state index is 13.7. The van der Waals surface area contributed by atoms with E-state index in [0.717, 1.165) is 16.7 Å². The second kappa shape index (κ2) is 9.51. The fraction of sp³-hybridized carbons (Fsp3) is 0.250. The van der Waals surface area contributed by atoms with Crippen molar-refractivity contribution in [1.29, 1.82) is 0 Å². The van der Waals surface area contributed by atoms with Crippen molar-refractivity contribution < 1.29 is 13.6 Å². The van der Waals surface area contributed by atoms with Gasteiger partial charge in [0.2, 0.25) is 0 Å². The molecular weight excluding hydrogens is 381 g/mol. The lowest BCUT2D eigenvalue weighted by Crippen LogP contribution is -2.47. The summed E-state index contributed by atoms with van der Waals surface area (Å²) in [5.74, 6) is 0. The van der Waals surface area contributed by atoms with Crippen LogP contribution >= 0.6 is 7.60 Å². The van der Waals surface area contributed by atoms with Crippen molar-refractivity contribution in [2.75, 3.05) is 14.2 Å². The van der Waals surface area contributed by atoms with Crippen LogP contribution in [0.4, 0.5) is 0 Å². The summed E-state index contributed by atoms with van der Waals surface area (Å²) in [5.41, 5.74) is 3.21. The van der Waals surface area contributed by atoms with Crippen LogP contribution in [0.25, 0.3) is 0 Å². The molecule has 0 saturated heterocycles. The first-order valence-electron chi connectivity index (χ1n) is 9.64. The minimum absolute atomic E-state index is 0.176. The molecule has 0 aliphatic heterocycles. The van der Waals surface area contributed by atoms with Gasteiger partial charge >= 0.3 is 7.60 Å². The summed E-state index contributed by atoms with van der Waals surface area (Å²) in [6.07, 6.45) is 0.489. The Bertz CT molecular complexity index is 887. The average molecular weight is 409 g/mol. The van der Waals surface area contributed by atoms with Crippen LogP contribution in [0.3, 0.4) is 0 Å². The van der Waals surface area contributed by atoms with Crippen LogP contribution in [-0.4, -0.2) is 19.5 Å². The standard InChI is InChI=1S/C24H28NO3P/c1-24(29(26,27-2)28-3,19-20-13-7-4-8-14-20)25-23(21-15-9-5-10-16-21)22-17-11-6-12-18-22/h4-18,23,25H,19H2,1-3H3. The van der Waals surface area contributed by atoms with Gasteiger partial charge in [-0.2, -0.15) is 0 Å². The summed E-state index contributed by atoms with van der Waals surface area (Å²) in [6, 6.07) is 30.1. The van der Waals surface area contributed by atoms with Crippen LogP contribution in [0.2, 0.25) is 0 Å². The minimum atomic E-state index is -3.47. The van der Waals surface area contributed by atoms with Crippen molar-refractivity contribution in [2.24, 2.45) is 0 Å². The van der Waals surface area contributed by atoms with Crippen LogP contribution in [0.5, 0.6) is 0 Å². The summed E-state index contributed by atoms with van der Waals surface area (Å²) in [4.78, 5) is 0. The molecule has 1 atom stereocenters. The molecule has 29 heavy (non-hydrogen) atoms. The highest BCUT2D eigenvalue weighted by Gasteiger charge is 2.47. The first-order chi connectivity index (χ1) is 14.0. The molecular formula is C24H28NO3P. The average Bonchev–Trinajstić information content (AvgIpc) is 2.78. The van der Waals surface area contributed by atoms with Crippen molar-refractivity contribution in [1.82, 2.24) is 5.32 Å². The van der Waals surface area contributed by atoms with Crippen LogP contribution in [0, 0.1) is 0 Å². The quantitative estimate of drug-likeness (QED) is 0.453. The van der Waals surface area contributed by atoms with E-state index in [2.05, 4.69) is 29.6 Å². The molecule has 4 nitrogen and oxygen atoms in total. The van der Waals surface area contributed by atoms with Crippen molar-refractivity contribution in [3.05, 3.63) is 108 Å². The summed E-state index contributed by atoms with van der Waals surface area (Å²) < 4.78 is 24.6. The van der Waals surface area contributed by atoms with E-state index in [-0.39, 0.29) is 6.04 Å². The zero-order valence-corrected chi connectivity index (χ0v) is 18.0. The fourth-order valence-corrected chi connectivity index (χ4v) is 5.28. The Morgan fingerprint density at radius 1 is 0.793 bits per heavy atom. The predicted octanol–water partition coefficient (Wildman–Crippen LogP) is 5.81. The van der Waals surface area contributed by atoms with Crippen LogP contribution in [0.15, 0.2) is 91.0 Å². The van der Waals surface area contributed by atoms with Crippen molar-refractivity contribution in [3.63, 3.8) is 0 Å². The fourth-order valence-electron chi connectivity index (χ4n) is 3.66. The van der Waals surface area contributed by atoms with E-state index in [9.17, 15) is 4.57 Å². The van der Waals surface area contributed by atoms with Gasteiger partial charge in [-0.3, -0.25) is 9.88 Å². The maximum Gasteiger partial charge on any atom is 0.350 e. The van der Waals surface area contributed by atoms with E-state index in [1.165, 1.54) is 14.2 Å². The van der Waals surface area contributed by atoms with Gasteiger partial charge in [-0.05, 0) is 23.6 Å². The topological polar surface area (TPSA) is 47.6 Å². The zero-order chi connectivity index (χ0) is 20.7. The van der Waals surface area contributed by atoms with Gasteiger partial charge in [-0.1, -0.05) is 91.0 Å². The Balaban J connectivity index is 2.07. The Morgan fingerprint density at radius 2 is 1.21 bits per heavy atom. The third-order valence-corrected chi connectivity index (χ3v) is 7.65. The molecule has 0 heterocycles. The van der Waals surface area contributed by atoms with Gasteiger partial charge in [0.15, 0.2) is 0 Å². The molecule has 0 aliphatic rings. The number of nitrogens with one attached hydrogen (secondary N) is 1. The molecule has 0 saturated carbocycles. The number of hydrogen-bond acceptors (Lipinski definition) is 4. The Morgan fingerprint density at radius 3 is 1.62 bits per heavy atom. The second-order valence-electron chi connectivity index (χ2n) is 7.20. The molecule has 0 spiro atoms. The molecule has 0 aromatic heterocycles. The molecule has 152 valence electrons. The van der Waals surface area contributed by atoms with Gasteiger partial charge in [-0.15, -0.1) is 0 Å². The molecule has 3 rings (SSSR count). The Kier molecular flexibility index (Phi) is 7.05. The normalized spacial score (nSPS) is 13.9. The van der Waals surface area contributed by atoms with Crippen LogP contribution < -0.4 is 5.32 Å². The third-order valence-electron chi connectivity index (χ3n) is 5.20. The molecule has 5 heteroatoms. The van der Waals surface area contributed by atoms with Crippen molar-refractivity contribution >= 4 is 7.60 Å². The molecule has 0 amide bonds. The van der Waals surface area contributed by atoms with Gasteiger partial charge in [0.05, 0.1) is 6.04 Å². The highest BCUT2D eigenvalue weighted by atomic mass is 31.2. The van der Waals surface area contributed by atoms with E-state index in [0.29, 0.717) is 6.42 Å². The molecule has 3 aromatic rings. The van der Waals surface area contributed by atoms with Gasteiger partial charge in [-0.25, -0.2) is 0 Å². The SMILES string of the molecule is COP(=O)(OC)C(C)(Cc1ccccc1)NC(c1ccccc1)c1ccccc1. The first kappa shape index (κ1) is 21.5. The maximum absolute atomic E-state index is 13.7. The van der Waals surface area contributed by atoms with E-state index in [1.54, 1.807) is 0 Å². The summed E-state index contributed by atoms with van der Waals surface area (Å²) in [5, 5.41) is 2.69. The summed E-state index contributed by atoms with van der Waals surface area (Å²) in [7, 11) is -0.595. The van der Waals surface area contributed by atoms with Crippen molar-refractivity contribution in [3.8, 4) is 0 Å². The van der Waals surface area contributed by atoms with Crippen molar-refractivity contribution in [2.45, 2.75) is 24.7 Å². The van der Waals surface area contributed by atoms with Gasteiger partial charge < -0.3 is 9.05 Å². The molecule has 1 unspecified atom stereocenters. The van der Waals surface area contributed by atoms with E-state index in [1.807, 2.05) is 73.7 Å². The highest BCUT2D eigenvalue weighted by molar-refractivity contribution is 7.55. The third kappa shape index (κ3) is 4.85. The largest absolute Gasteiger partial charge is 0.350 e. The smallest absolute Gasteiger partial charge is 0.311 e. The molecule has 0 aliphatic carbocycles. The number of rotatable bonds is 9. The molecule has 0 fully saturated rings.